The van der Waals surface area contributed by atoms with Gasteiger partial charge in [0.2, 0.25) is 6.29 Å². The molecule has 2 aromatic rings. The summed E-state index contributed by atoms with van der Waals surface area (Å²) in [7, 11) is 0. The van der Waals surface area contributed by atoms with Crippen LogP contribution in [0.2, 0.25) is 0 Å². The largest absolute Gasteiger partial charge is 0.471 e. The molecule has 192 valence electrons. The van der Waals surface area contributed by atoms with Crippen molar-refractivity contribution in [2.45, 2.75) is 55.9 Å². The van der Waals surface area contributed by atoms with Crippen LogP contribution in [-0.2, 0) is 25.4 Å². The molecule has 10 nitrogen and oxygen atoms in total. The number of fused-ring (bicyclic) bond motifs is 6. The number of nitrogens with one attached hydrogen (secondary N) is 1. The predicted octanol–water partition coefficient (Wildman–Crippen LogP) is 0.473. The lowest BCUT2D eigenvalue weighted by molar-refractivity contribution is -0.339. The van der Waals surface area contributed by atoms with Gasteiger partial charge in [0.25, 0.3) is 5.91 Å². The molecule has 0 radical (unpaired) electrons. The Hall–Kier alpha value is -2.73. The third kappa shape index (κ3) is 3.52. The molecular weight excluding hydrogens is 468 g/mol. The number of piperidine rings is 1. The first kappa shape index (κ1) is 23.7. The SMILES string of the molecule is C=C[C@H]1[C@H](OC2O[C@H](CO)[C@@H](O)[C@H](O)[C@H]2O)OC=C2C(=O)N3CCc4c([nH]c5ccccc45)[C@@H]3C[C@H]21. The summed E-state index contributed by atoms with van der Waals surface area (Å²) >= 11 is 0. The number of hydrogen-bond donors (Lipinski definition) is 5. The van der Waals surface area contributed by atoms with Crippen LogP contribution in [0.4, 0.5) is 0 Å². The Balaban J connectivity index is 1.28. The van der Waals surface area contributed by atoms with Crippen LogP contribution in [0.15, 0.2) is 48.8 Å². The number of carbonyl (C=O) groups is 1. The van der Waals surface area contributed by atoms with Gasteiger partial charge in [0.05, 0.1) is 24.5 Å². The van der Waals surface area contributed by atoms with Gasteiger partial charge in [0.1, 0.15) is 24.4 Å². The van der Waals surface area contributed by atoms with Crippen LogP contribution in [0.5, 0.6) is 0 Å². The molecule has 4 aliphatic heterocycles. The number of ether oxygens (including phenoxy) is 3. The number of benzene rings is 1. The van der Waals surface area contributed by atoms with Crippen LogP contribution in [0, 0.1) is 11.8 Å². The molecule has 5 N–H and O–H groups in total. The van der Waals surface area contributed by atoms with E-state index in [1.807, 2.05) is 23.1 Å². The number of aromatic nitrogens is 1. The normalized spacial score (nSPS) is 38.0. The van der Waals surface area contributed by atoms with Gasteiger partial charge in [-0.2, -0.15) is 0 Å². The van der Waals surface area contributed by atoms with Crippen LogP contribution in [0.1, 0.15) is 23.7 Å². The van der Waals surface area contributed by atoms with Gasteiger partial charge in [-0.05, 0) is 24.5 Å². The quantitative estimate of drug-likeness (QED) is 0.383. The van der Waals surface area contributed by atoms with Gasteiger partial charge in [-0.1, -0.05) is 24.3 Å². The molecule has 10 heteroatoms. The Morgan fingerprint density at radius 3 is 2.75 bits per heavy atom. The van der Waals surface area contributed by atoms with Crippen LogP contribution in [0.3, 0.4) is 0 Å². The number of amides is 1. The number of H-pyrrole nitrogens is 1. The van der Waals surface area contributed by atoms with Crippen LogP contribution in [-0.4, -0.2) is 86.4 Å². The van der Waals surface area contributed by atoms with Gasteiger partial charge in [-0.15, -0.1) is 6.58 Å². The number of aliphatic hydroxyl groups excluding tert-OH is 4. The number of aliphatic hydroxyl groups is 4. The highest BCUT2D eigenvalue weighted by Gasteiger charge is 2.51. The highest BCUT2D eigenvalue weighted by Crippen LogP contribution is 2.48. The van der Waals surface area contributed by atoms with Crippen LogP contribution >= 0.6 is 0 Å². The van der Waals surface area contributed by atoms with E-state index in [-0.39, 0.29) is 17.9 Å². The third-order valence-corrected chi connectivity index (χ3v) is 8.04. The molecule has 0 spiro atoms. The minimum absolute atomic E-state index is 0.0845. The lowest BCUT2D eigenvalue weighted by Gasteiger charge is -2.48. The van der Waals surface area contributed by atoms with E-state index in [1.165, 1.54) is 17.2 Å². The van der Waals surface area contributed by atoms with Gasteiger partial charge in [0.15, 0.2) is 6.29 Å². The second-order valence-corrected chi connectivity index (χ2v) is 9.89. The molecule has 1 unspecified atom stereocenters. The summed E-state index contributed by atoms with van der Waals surface area (Å²) in [6, 6.07) is 8.01. The molecule has 1 amide bonds. The van der Waals surface area contributed by atoms with Crippen molar-refractivity contribution in [3.8, 4) is 0 Å². The van der Waals surface area contributed by atoms with Crippen LogP contribution < -0.4 is 0 Å². The highest BCUT2D eigenvalue weighted by molar-refractivity contribution is 5.96. The molecule has 0 saturated carbocycles. The topological polar surface area (TPSA) is 145 Å². The van der Waals surface area contributed by atoms with Gasteiger partial charge in [0, 0.05) is 35.0 Å². The monoisotopic (exact) mass is 498 g/mol. The maximum atomic E-state index is 13.5. The maximum Gasteiger partial charge on any atom is 0.253 e. The first-order chi connectivity index (χ1) is 17.4. The summed E-state index contributed by atoms with van der Waals surface area (Å²) in [6.45, 7) is 4.01. The van der Waals surface area contributed by atoms with Crippen molar-refractivity contribution in [3.63, 3.8) is 0 Å². The minimum atomic E-state index is -1.56. The lowest BCUT2D eigenvalue weighted by Crippen LogP contribution is -2.60. The van der Waals surface area contributed by atoms with E-state index in [9.17, 15) is 25.2 Å². The Morgan fingerprint density at radius 1 is 1.17 bits per heavy atom. The first-order valence-electron chi connectivity index (χ1n) is 12.3. The summed E-state index contributed by atoms with van der Waals surface area (Å²) in [5.41, 5.74) is 3.89. The molecule has 2 saturated heterocycles. The standard InChI is InChI=1S/C26H30N2O8/c1-2-12-15-9-18-20-14(13-5-3-4-6-17(13)27-20)7-8-28(18)24(33)16(15)11-34-25(12)36-26-23(32)22(31)21(30)19(10-29)35-26/h2-6,11-12,15,18-19,21-23,25-27,29-32H,1,7-10H2/t12-,15+,18+,19-,21-,22+,23-,25+,26?/m1/s1. The van der Waals surface area contributed by atoms with Crippen molar-refractivity contribution in [3.05, 3.63) is 60.0 Å². The van der Waals surface area contributed by atoms with Crippen molar-refractivity contribution in [1.82, 2.24) is 9.88 Å². The fourth-order valence-electron chi connectivity index (χ4n) is 6.13. The minimum Gasteiger partial charge on any atom is -0.471 e. The molecule has 36 heavy (non-hydrogen) atoms. The molecule has 0 bridgehead atoms. The summed E-state index contributed by atoms with van der Waals surface area (Å²) in [6.07, 6.45) is -3.53. The molecule has 4 aliphatic rings. The zero-order valence-electron chi connectivity index (χ0n) is 19.6. The fraction of sp³-hybridized carbons (Fsp3) is 0.500. The van der Waals surface area contributed by atoms with Crippen molar-refractivity contribution >= 4 is 16.8 Å². The summed E-state index contributed by atoms with van der Waals surface area (Å²) < 4.78 is 17.2. The Morgan fingerprint density at radius 2 is 1.97 bits per heavy atom. The van der Waals surface area contributed by atoms with Crippen molar-refractivity contribution < 1.29 is 39.4 Å². The number of para-hydroxylation sites is 1. The Kier molecular flexibility index (Phi) is 5.90. The van der Waals surface area contributed by atoms with E-state index in [0.29, 0.717) is 18.5 Å². The number of nitrogens with zero attached hydrogens (tertiary/aromatic N) is 1. The molecule has 5 heterocycles. The molecule has 9 atom stereocenters. The van der Waals surface area contributed by atoms with E-state index in [4.69, 9.17) is 14.2 Å². The van der Waals surface area contributed by atoms with Gasteiger partial charge < -0.3 is 44.5 Å². The van der Waals surface area contributed by atoms with E-state index in [0.717, 1.165) is 17.6 Å². The average molecular weight is 499 g/mol. The third-order valence-electron chi connectivity index (χ3n) is 8.04. The van der Waals surface area contributed by atoms with Crippen LogP contribution in [0.25, 0.3) is 10.9 Å². The van der Waals surface area contributed by atoms with Crippen molar-refractivity contribution in [2.75, 3.05) is 13.2 Å². The lowest BCUT2D eigenvalue weighted by atomic mass is 9.74. The molecule has 0 aliphatic carbocycles. The molecular formula is C26H30N2O8. The van der Waals surface area contributed by atoms with Crippen molar-refractivity contribution in [2.24, 2.45) is 11.8 Å². The smallest absolute Gasteiger partial charge is 0.253 e. The second-order valence-electron chi connectivity index (χ2n) is 9.89. The zero-order valence-corrected chi connectivity index (χ0v) is 19.6. The number of carbonyl (C=O) groups excluding carboxylic acids is 1. The maximum absolute atomic E-state index is 13.5. The van der Waals surface area contributed by atoms with Gasteiger partial charge >= 0.3 is 0 Å². The Labute approximate surface area is 207 Å². The van der Waals surface area contributed by atoms with Gasteiger partial charge in [-0.3, -0.25) is 4.79 Å². The Bertz CT molecular complexity index is 1210. The van der Waals surface area contributed by atoms with E-state index in [2.05, 4.69) is 17.6 Å². The van der Waals surface area contributed by atoms with E-state index < -0.39 is 49.5 Å². The summed E-state index contributed by atoms with van der Waals surface area (Å²) in [5.74, 6) is -0.783. The number of hydrogen-bond acceptors (Lipinski definition) is 8. The van der Waals surface area contributed by atoms with Crippen molar-refractivity contribution in [1.29, 1.82) is 0 Å². The molecule has 6 rings (SSSR count). The second kappa shape index (κ2) is 8.98. The molecule has 1 aromatic heterocycles. The average Bonchev–Trinajstić information content (AvgIpc) is 3.28. The number of rotatable bonds is 4. The molecule has 2 fully saturated rings. The predicted molar refractivity (Wildman–Crippen MR) is 126 cm³/mol. The first-order valence-corrected chi connectivity index (χ1v) is 12.3. The summed E-state index contributed by atoms with van der Waals surface area (Å²) in [4.78, 5) is 19.0. The summed E-state index contributed by atoms with van der Waals surface area (Å²) in [5, 5.41) is 41.3. The highest BCUT2D eigenvalue weighted by atomic mass is 16.8. The molecule has 1 aromatic carbocycles. The van der Waals surface area contributed by atoms with Gasteiger partial charge in [-0.25, -0.2) is 0 Å². The zero-order chi connectivity index (χ0) is 25.1. The number of aromatic amines is 1. The van der Waals surface area contributed by atoms with E-state index >= 15 is 0 Å². The fourth-order valence-corrected chi connectivity index (χ4v) is 6.13. The van der Waals surface area contributed by atoms with E-state index in [1.54, 1.807) is 6.08 Å².